The summed E-state index contributed by atoms with van der Waals surface area (Å²) in [4.78, 5) is 36.8. The first-order chi connectivity index (χ1) is 26.6. The quantitative estimate of drug-likeness (QED) is 0.0500. The molecule has 0 radical (unpaired) electrons. The molecule has 6 nitrogen and oxygen atoms in total. The first kappa shape index (κ1) is 46.0. The van der Waals surface area contributed by atoms with Crippen LogP contribution in [-0.2, 0) is 0 Å². The van der Waals surface area contributed by atoms with Gasteiger partial charge in [0.2, 0.25) is 0 Å². The predicted molar refractivity (Wildman–Crippen MR) is 251 cm³/mol. The smallest absolute Gasteiger partial charge is 0.171 e. The molecule has 4 heterocycles. The number of rotatable bonds is 30. The Kier molecular flexibility index (Phi) is 23.1. The molecule has 1 aliphatic rings. The molecule has 0 saturated carbocycles. The number of hydrogen-bond acceptors (Lipinski definition) is 10. The lowest BCUT2D eigenvalue weighted by Crippen LogP contribution is -1.89. The number of unbranched alkanes of at least 4 members (excludes halogenated alkanes) is 12. The van der Waals surface area contributed by atoms with Gasteiger partial charge in [-0.15, -0.1) is 70.6 Å². The Bertz CT molecular complexity index is 1520. The average Bonchev–Trinajstić information content (AvgIpc) is 3.78. The highest BCUT2D eigenvalue weighted by Gasteiger charge is 2.26. The largest absolute Gasteiger partial charge is 0.323 e. The number of fused-ring (bicyclic) bond motifs is 6. The van der Waals surface area contributed by atoms with Crippen molar-refractivity contribution in [1.82, 2.24) is 29.9 Å². The molecule has 0 saturated heterocycles. The standard InChI is InChI=1S/C42H68N6S6/c1-7-13-19-25-49-31-32(50-26-20-14-8-2)38-43-37(31)46-39-33(51-27-21-15-9-3)34(52-28-22-16-10-4)41(44-39)48-42-36(54-30-24-18-12-6)35(40(45-42)47-38)53-29-23-17-11-5/h7-30H2,1-6H3,(H2,43,44,45,46,47,48). The number of nitrogens with one attached hydrogen (secondary N) is 2. The van der Waals surface area contributed by atoms with Gasteiger partial charge in [0.25, 0.3) is 0 Å². The fraction of sp³-hybridized carbons (Fsp3) is 0.714. The van der Waals surface area contributed by atoms with Crippen LogP contribution in [0.2, 0.25) is 0 Å². The Balaban J connectivity index is 2.03. The first-order valence-corrected chi connectivity index (χ1v) is 27.2. The zero-order chi connectivity index (χ0) is 38.4. The van der Waals surface area contributed by atoms with Crippen molar-refractivity contribution in [3.05, 3.63) is 11.6 Å². The van der Waals surface area contributed by atoms with E-state index < -0.39 is 0 Å². The zero-order valence-electron chi connectivity index (χ0n) is 34.2. The molecular weight excluding hydrogens is 781 g/mol. The third-order valence-corrected chi connectivity index (χ3v) is 16.6. The Labute approximate surface area is 353 Å². The molecular formula is C42H68N6S6. The van der Waals surface area contributed by atoms with Crippen molar-refractivity contribution in [3.63, 3.8) is 0 Å². The summed E-state index contributed by atoms with van der Waals surface area (Å²) in [6, 6.07) is 0. The van der Waals surface area contributed by atoms with Crippen LogP contribution in [0.3, 0.4) is 0 Å². The minimum absolute atomic E-state index is 0.817. The van der Waals surface area contributed by atoms with Gasteiger partial charge in [-0.25, -0.2) is 19.9 Å². The first-order valence-electron chi connectivity index (χ1n) is 21.2. The van der Waals surface area contributed by atoms with Crippen molar-refractivity contribution < 1.29 is 0 Å². The van der Waals surface area contributed by atoms with E-state index in [1.54, 1.807) is 0 Å². The molecule has 2 N–H and O–H groups in total. The summed E-state index contributed by atoms with van der Waals surface area (Å²) >= 11 is 11.7. The number of nitrogens with zero attached hydrogens (tertiary/aromatic N) is 4. The lowest BCUT2D eigenvalue weighted by molar-refractivity contribution is 0.777. The van der Waals surface area contributed by atoms with Gasteiger partial charge in [-0.3, -0.25) is 0 Å². The van der Waals surface area contributed by atoms with Crippen LogP contribution in [0.25, 0.3) is 32.4 Å². The van der Waals surface area contributed by atoms with Gasteiger partial charge in [0.05, 0.1) is 29.4 Å². The summed E-state index contributed by atoms with van der Waals surface area (Å²) in [5, 5.41) is 0. The zero-order valence-corrected chi connectivity index (χ0v) is 39.1. The molecule has 0 fully saturated rings. The van der Waals surface area contributed by atoms with Crippen LogP contribution in [0.1, 0.15) is 169 Å². The highest BCUT2D eigenvalue weighted by Crippen LogP contribution is 2.46. The van der Waals surface area contributed by atoms with Crippen LogP contribution in [0.4, 0.5) is 0 Å². The molecule has 0 aromatic carbocycles. The predicted octanol–water partition coefficient (Wildman–Crippen LogP) is 15.5. The Morgan fingerprint density at radius 3 is 0.852 bits per heavy atom. The molecule has 0 amide bonds. The molecule has 3 aromatic rings. The van der Waals surface area contributed by atoms with Gasteiger partial charge in [0.1, 0.15) is 22.6 Å². The van der Waals surface area contributed by atoms with Gasteiger partial charge in [-0.05, 0) is 73.0 Å². The summed E-state index contributed by atoms with van der Waals surface area (Å²) in [5.41, 5.74) is 3.68. The number of H-pyrrole nitrogens is 2. The molecule has 302 valence electrons. The molecule has 1 aliphatic heterocycles. The molecule has 12 heteroatoms. The monoisotopic (exact) mass is 848 g/mol. The van der Waals surface area contributed by atoms with E-state index in [9.17, 15) is 0 Å². The minimum atomic E-state index is 0.817. The maximum Gasteiger partial charge on any atom is 0.171 e. The van der Waals surface area contributed by atoms with Crippen LogP contribution in [-0.4, -0.2) is 64.4 Å². The summed E-state index contributed by atoms with van der Waals surface area (Å²) in [6.45, 7) is 13.7. The molecule has 4 rings (SSSR count). The van der Waals surface area contributed by atoms with Crippen LogP contribution < -0.4 is 0 Å². The molecule has 3 aromatic heterocycles. The van der Waals surface area contributed by atoms with Gasteiger partial charge in [-0.2, -0.15) is 0 Å². The van der Waals surface area contributed by atoms with E-state index in [1.165, 1.54) is 145 Å². The second-order valence-corrected chi connectivity index (χ2v) is 20.7. The fourth-order valence-corrected chi connectivity index (χ4v) is 13.1. The summed E-state index contributed by atoms with van der Waals surface area (Å²) < 4.78 is 0. The molecule has 54 heavy (non-hydrogen) atoms. The van der Waals surface area contributed by atoms with Crippen LogP contribution in [0.5, 0.6) is 0 Å². The summed E-state index contributed by atoms with van der Waals surface area (Å²) in [6.07, 6.45) is 22.0. The van der Waals surface area contributed by atoms with Crippen molar-refractivity contribution in [2.24, 2.45) is 0 Å². The molecule has 0 atom stereocenters. The average molecular weight is 849 g/mol. The summed E-state index contributed by atoms with van der Waals surface area (Å²) in [7, 11) is 0. The molecule has 0 aliphatic carbocycles. The molecule has 0 spiro atoms. The van der Waals surface area contributed by atoms with Gasteiger partial charge in [0, 0.05) is 0 Å². The van der Waals surface area contributed by atoms with E-state index in [4.69, 9.17) is 19.9 Å². The molecule has 6 bridgehead atoms. The van der Waals surface area contributed by atoms with Crippen LogP contribution >= 0.6 is 70.6 Å². The van der Waals surface area contributed by atoms with Gasteiger partial charge >= 0.3 is 0 Å². The van der Waals surface area contributed by atoms with Crippen molar-refractivity contribution in [3.8, 4) is 0 Å². The maximum absolute atomic E-state index is 5.52. The minimum Gasteiger partial charge on any atom is -0.323 e. The normalized spacial score (nSPS) is 12.6. The second kappa shape index (κ2) is 27.1. The topological polar surface area (TPSA) is 83.1 Å². The van der Waals surface area contributed by atoms with E-state index in [0.29, 0.717) is 0 Å². The third-order valence-electron chi connectivity index (χ3n) is 9.20. The van der Waals surface area contributed by atoms with Gasteiger partial charge in [-0.1, -0.05) is 119 Å². The van der Waals surface area contributed by atoms with E-state index in [2.05, 4.69) is 51.5 Å². The van der Waals surface area contributed by atoms with Crippen molar-refractivity contribution in [2.75, 3.05) is 34.5 Å². The second-order valence-electron chi connectivity index (χ2n) is 14.0. The number of aromatic amines is 2. The van der Waals surface area contributed by atoms with Crippen LogP contribution in [0.15, 0.2) is 19.6 Å². The van der Waals surface area contributed by atoms with Crippen molar-refractivity contribution in [2.45, 2.75) is 177 Å². The van der Waals surface area contributed by atoms with Crippen molar-refractivity contribution in [1.29, 1.82) is 0 Å². The lowest BCUT2D eigenvalue weighted by atomic mass is 10.3. The Morgan fingerprint density at radius 2 is 0.574 bits per heavy atom. The highest BCUT2D eigenvalue weighted by atomic mass is 32.2. The van der Waals surface area contributed by atoms with E-state index in [0.717, 1.165) is 68.8 Å². The number of thioether (sulfide) groups is 6. The summed E-state index contributed by atoms with van der Waals surface area (Å²) in [5.74, 6) is 8.07. The Hall–Kier alpha value is -0.660. The Morgan fingerprint density at radius 1 is 0.315 bits per heavy atom. The maximum atomic E-state index is 5.52. The van der Waals surface area contributed by atoms with Crippen LogP contribution in [0, 0.1) is 0 Å². The SMILES string of the molecule is CCCCCSC1=C(SCCCCC)c2nc1nc1[nH]c(nc3[nH]c(n2)c(SCCCCC)c3SCCCCC)c(SCCCCC)c1SCCCCC. The molecule has 0 unspecified atom stereocenters. The lowest BCUT2D eigenvalue weighted by Gasteiger charge is -2.07. The number of aromatic nitrogens is 6. The third kappa shape index (κ3) is 14.3. The van der Waals surface area contributed by atoms with Gasteiger partial charge in [0.15, 0.2) is 11.6 Å². The van der Waals surface area contributed by atoms with Gasteiger partial charge < -0.3 is 9.97 Å². The highest BCUT2D eigenvalue weighted by molar-refractivity contribution is 8.13. The van der Waals surface area contributed by atoms with E-state index >= 15 is 0 Å². The van der Waals surface area contributed by atoms with E-state index in [-0.39, 0.29) is 0 Å². The van der Waals surface area contributed by atoms with E-state index in [1.807, 2.05) is 70.6 Å². The number of hydrogen-bond donors (Lipinski definition) is 2. The fourth-order valence-electron chi connectivity index (χ4n) is 6.03. The van der Waals surface area contributed by atoms with Crippen molar-refractivity contribution >= 4 is 103 Å².